The predicted octanol–water partition coefficient (Wildman–Crippen LogP) is 4.01. The Morgan fingerprint density at radius 1 is 1.03 bits per heavy atom. The fourth-order valence-corrected chi connectivity index (χ4v) is 4.91. The summed E-state index contributed by atoms with van der Waals surface area (Å²) in [5.41, 5.74) is 3.26. The summed E-state index contributed by atoms with van der Waals surface area (Å²) in [6.45, 7) is 6.44. The summed E-state index contributed by atoms with van der Waals surface area (Å²) in [5, 5.41) is 0.457. The maximum absolute atomic E-state index is 14.2. The van der Waals surface area contributed by atoms with Crippen LogP contribution in [0.5, 0.6) is 0 Å². The van der Waals surface area contributed by atoms with Crippen molar-refractivity contribution in [2.24, 2.45) is 14.1 Å². The molecule has 0 N–H and O–H groups in total. The van der Waals surface area contributed by atoms with Crippen molar-refractivity contribution in [1.82, 2.24) is 13.7 Å². The van der Waals surface area contributed by atoms with Gasteiger partial charge in [0.05, 0.1) is 34.4 Å². The number of halogens is 1. The number of ether oxygens (including phenoxy) is 1. The molecule has 2 aromatic heterocycles. The van der Waals surface area contributed by atoms with Gasteiger partial charge in [0.2, 0.25) is 0 Å². The number of hydrogen-bond acceptors (Lipinski definition) is 3. The number of hydrogen-bond donors (Lipinski definition) is 0. The Labute approximate surface area is 190 Å². The van der Waals surface area contributed by atoms with Crippen LogP contribution in [0.2, 0.25) is 0 Å². The van der Waals surface area contributed by atoms with E-state index in [2.05, 4.69) is 4.57 Å². The topological polar surface area (TPSA) is 58.2 Å². The van der Waals surface area contributed by atoms with Crippen molar-refractivity contribution in [3.63, 3.8) is 0 Å². The van der Waals surface area contributed by atoms with Crippen molar-refractivity contribution in [3.8, 4) is 11.3 Å². The van der Waals surface area contributed by atoms with Crippen LogP contribution in [0.4, 0.5) is 4.39 Å². The van der Waals surface area contributed by atoms with Gasteiger partial charge in [-0.15, -0.1) is 0 Å². The minimum atomic E-state index is -0.631. The van der Waals surface area contributed by atoms with Gasteiger partial charge in [-0.25, -0.2) is 9.18 Å². The molecule has 0 fully saturated rings. The number of benzene rings is 2. The molecular weight excluding hydrogens is 421 g/mol. The van der Waals surface area contributed by atoms with Gasteiger partial charge >= 0.3 is 5.69 Å². The fraction of sp³-hybridized carbons (Fsp3) is 0.308. The van der Waals surface area contributed by atoms with Gasteiger partial charge in [-0.05, 0) is 44.0 Å². The largest absolute Gasteiger partial charge is 0.365 e. The van der Waals surface area contributed by atoms with Crippen LogP contribution in [0, 0.1) is 12.7 Å². The van der Waals surface area contributed by atoms with Gasteiger partial charge < -0.3 is 9.30 Å². The van der Waals surface area contributed by atoms with Crippen LogP contribution in [-0.4, -0.2) is 20.3 Å². The number of nitrogens with zero attached hydrogens (tertiary/aromatic N) is 3. The zero-order valence-corrected chi connectivity index (χ0v) is 19.3. The molecule has 1 atom stereocenters. The van der Waals surface area contributed by atoms with Gasteiger partial charge in [0.15, 0.2) is 0 Å². The third-order valence-corrected chi connectivity index (χ3v) is 6.54. The molecule has 6 nitrogen and oxygen atoms in total. The Morgan fingerprint density at radius 3 is 2.39 bits per heavy atom. The lowest BCUT2D eigenvalue weighted by atomic mass is 9.98. The van der Waals surface area contributed by atoms with Crippen LogP contribution in [0.1, 0.15) is 36.8 Å². The zero-order valence-electron chi connectivity index (χ0n) is 19.3. The number of rotatable bonds is 2. The van der Waals surface area contributed by atoms with Crippen molar-refractivity contribution < 1.29 is 9.13 Å². The van der Waals surface area contributed by atoms with Crippen LogP contribution in [0.15, 0.2) is 58.1 Å². The summed E-state index contributed by atoms with van der Waals surface area (Å²) in [6, 6.07) is 14.3. The molecule has 0 saturated carbocycles. The van der Waals surface area contributed by atoms with Gasteiger partial charge in [0.25, 0.3) is 5.56 Å². The molecule has 5 rings (SSSR count). The van der Waals surface area contributed by atoms with Gasteiger partial charge in [0, 0.05) is 14.1 Å². The van der Waals surface area contributed by atoms with E-state index >= 15 is 0 Å². The van der Waals surface area contributed by atoms with Crippen LogP contribution >= 0.6 is 0 Å². The lowest BCUT2D eigenvalue weighted by Crippen LogP contribution is -2.40. The molecule has 170 valence electrons. The van der Waals surface area contributed by atoms with Crippen LogP contribution in [0.25, 0.3) is 22.2 Å². The molecule has 0 aliphatic carbocycles. The summed E-state index contributed by atoms with van der Waals surface area (Å²) in [7, 11) is 3.15. The normalized spacial score (nSPS) is 17.3. The van der Waals surface area contributed by atoms with Crippen LogP contribution in [-0.2, 0) is 24.4 Å². The first-order chi connectivity index (χ1) is 15.6. The highest BCUT2D eigenvalue weighted by Crippen LogP contribution is 2.45. The van der Waals surface area contributed by atoms with Gasteiger partial charge in [0.1, 0.15) is 11.9 Å². The molecule has 0 unspecified atom stereocenters. The number of aromatic nitrogens is 3. The third-order valence-electron chi connectivity index (χ3n) is 6.54. The Kier molecular flexibility index (Phi) is 4.72. The molecule has 3 heterocycles. The first-order valence-electron chi connectivity index (χ1n) is 10.9. The molecular formula is C26H26FN3O3. The van der Waals surface area contributed by atoms with Crippen LogP contribution in [0.3, 0.4) is 0 Å². The molecule has 0 amide bonds. The Balaban J connectivity index is 2.01. The quantitative estimate of drug-likeness (QED) is 0.467. The molecule has 7 heteroatoms. The maximum Gasteiger partial charge on any atom is 0.331 e. The van der Waals surface area contributed by atoms with Crippen molar-refractivity contribution in [2.75, 3.05) is 6.61 Å². The van der Waals surface area contributed by atoms with Crippen molar-refractivity contribution in [1.29, 1.82) is 0 Å². The van der Waals surface area contributed by atoms with Crippen LogP contribution < -0.4 is 11.2 Å². The van der Waals surface area contributed by atoms with E-state index < -0.39 is 17.3 Å². The SMILES string of the molecule is Cc1ccc(-c2c3c(=O)n(C)c(=O)n(C)c3c3n2C(C)(C)CO[C@@H]3c2cccc(F)c2)cc1. The van der Waals surface area contributed by atoms with Crippen molar-refractivity contribution in [2.45, 2.75) is 32.4 Å². The number of aryl methyl sites for hydroxylation is 2. The van der Waals surface area contributed by atoms with Gasteiger partial charge in [-0.3, -0.25) is 13.9 Å². The molecule has 0 spiro atoms. The number of fused-ring (bicyclic) bond motifs is 3. The summed E-state index contributed by atoms with van der Waals surface area (Å²) in [4.78, 5) is 26.5. The first kappa shape index (κ1) is 21.4. The Hall–Kier alpha value is -3.45. The van der Waals surface area contributed by atoms with E-state index in [1.165, 1.54) is 23.7 Å². The Morgan fingerprint density at radius 2 is 1.73 bits per heavy atom. The smallest absolute Gasteiger partial charge is 0.331 e. The minimum Gasteiger partial charge on any atom is -0.365 e. The molecule has 4 aromatic rings. The summed E-state index contributed by atoms with van der Waals surface area (Å²) in [5.74, 6) is -0.369. The second kappa shape index (κ2) is 7.28. The monoisotopic (exact) mass is 447 g/mol. The maximum atomic E-state index is 14.2. The summed E-state index contributed by atoms with van der Waals surface area (Å²) < 4.78 is 25.2. The molecule has 2 aromatic carbocycles. The fourth-order valence-electron chi connectivity index (χ4n) is 4.91. The average Bonchev–Trinajstić information content (AvgIpc) is 3.14. The minimum absolute atomic E-state index is 0.356. The lowest BCUT2D eigenvalue weighted by Gasteiger charge is -2.39. The summed E-state index contributed by atoms with van der Waals surface area (Å²) >= 11 is 0. The van der Waals surface area contributed by atoms with E-state index in [9.17, 15) is 14.0 Å². The second-order valence-corrected chi connectivity index (χ2v) is 9.42. The standard InChI is InChI=1S/C26H26FN3O3/c1-15-9-11-16(12-10-15)20-19-21(28(4)25(32)29(5)24(19)31)22-23(17-7-6-8-18(27)13-17)33-14-26(2,3)30(20)22/h6-13,23H,14H2,1-5H3/t23-/m1/s1. The molecule has 1 aliphatic heterocycles. The second-order valence-electron chi connectivity index (χ2n) is 9.42. The van der Waals surface area contributed by atoms with E-state index in [0.717, 1.165) is 21.4 Å². The van der Waals surface area contributed by atoms with Crippen molar-refractivity contribution >= 4 is 10.9 Å². The highest BCUT2D eigenvalue weighted by atomic mass is 19.1. The average molecular weight is 448 g/mol. The molecule has 0 bridgehead atoms. The van der Waals surface area contributed by atoms with E-state index in [-0.39, 0.29) is 11.4 Å². The lowest BCUT2D eigenvalue weighted by molar-refractivity contribution is -0.00718. The van der Waals surface area contributed by atoms with E-state index in [1.807, 2.05) is 45.0 Å². The molecule has 33 heavy (non-hydrogen) atoms. The molecule has 0 saturated heterocycles. The van der Waals surface area contributed by atoms with E-state index in [0.29, 0.717) is 28.8 Å². The van der Waals surface area contributed by atoms with Crippen molar-refractivity contribution in [3.05, 3.63) is 92.0 Å². The molecule has 1 aliphatic rings. The van der Waals surface area contributed by atoms with E-state index in [1.54, 1.807) is 19.2 Å². The highest BCUT2D eigenvalue weighted by molar-refractivity contribution is 5.96. The molecule has 0 radical (unpaired) electrons. The van der Waals surface area contributed by atoms with Gasteiger partial charge in [-0.1, -0.05) is 42.0 Å². The first-order valence-corrected chi connectivity index (χ1v) is 10.9. The van der Waals surface area contributed by atoms with E-state index in [4.69, 9.17) is 4.74 Å². The van der Waals surface area contributed by atoms with Gasteiger partial charge in [-0.2, -0.15) is 0 Å². The zero-order chi connectivity index (χ0) is 23.7. The Bertz CT molecular complexity index is 1520. The highest BCUT2D eigenvalue weighted by Gasteiger charge is 2.40. The summed E-state index contributed by atoms with van der Waals surface area (Å²) in [6.07, 6.45) is -0.631. The predicted molar refractivity (Wildman–Crippen MR) is 126 cm³/mol. The third kappa shape index (κ3) is 3.10.